The van der Waals surface area contributed by atoms with Crippen LogP contribution in [0.15, 0.2) is 60.7 Å². The van der Waals surface area contributed by atoms with Gasteiger partial charge in [0.15, 0.2) is 0 Å². The summed E-state index contributed by atoms with van der Waals surface area (Å²) in [5, 5.41) is 10.9. The van der Waals surface area contributed by atoms with E-state index in [-0.39, 0.29) is 24.1 Å². The lowest BCUT2D eigenvalue weighted by Gasteiger charge is -2.24. The minimum atomic E-state index is -0.349. The summed E-state index contributed by atoms with van der Waals surface area (Å²) in [6.45, 7) is 0.300. The number of likely N-dealkylation sites (N-methyl/N-ethyl adjacent to an activating group) is 1. The molecule has 28 heavy (non-hydrogen) atoms. The van der Waals surface area contributed by atoms with Crippen molar-refractivity contribution in [3.63, 3.8) is 0 Å². The van der Waals surface area contributed by atoms with Crippen LogP contribution >= 0.6 is 0 Å². The molecule has 140 valence electrons. The summed E-state index contributed by atoms with van der Waals surface area (Å²) in [6.07, 6.45) is 1.03. The van der Waals surface area contributed by atoms with Crippen LogP contribution in [0, 0.1) is 17.1 Å². The Bertz CT molecular complexity index is 1050. The molecule has 1 atom stereocenters. The molecule has 0 saturated carbocycles. The molecular weight excluding hydrogens is 355 g/mol. The van der Waals surface area contributed by atoms with E-state index in [9.17, 15) is 19.2 Å². The van der Waals surface area contributed by atoms with Crippen LogP contribution in [0.5, 0.6) is 0 Å². The largest absolute Gasteiger partial charge is 0.341 e. The van der Waals surface area contributed by atoms with Crippen molar-refractivity contribution in [3.05, 3.63) is 83.2 Å². The molecule has 0 unspecified atom stereocenters. The number of carbonyl (C=O) groups is 2. The molecule has 0 N–H and O–H groups in total. The Labute approximate surface area is 162 Å². The average molecular weight is 374 g/mol. The molecule has 0 radical (unpaired) electrons. The summed E-state index contributed by atoms with van der Waals surface area (Å²) in [5.41, 5.74) is 1.66. The molecule has 0 bridgehead atoms. The van der Waals surface area contributed by atoms with E-state index in [0.29, 0.717) is 17.7 Å². The van der Waals surface area contributed by atoms with Gasteiger partial charge in [-0.05, 0) is 40.6 Å². The Morgan fingerprint density at radius 2 is 1.89 bits per heavy atom. The van der Waals surface area contributed by atoms with E-state index in [1.807, 2.05) is 24.3 Å². The fourth-order valence-electron chi connectivity index (χ4n) is 3.34. The molecular formula is C23H19FN2O2. The first-order valence-corrected chi connectivity index (χ1v) is 8.91. The summed E-state index contributed by atoms with van der Waals surface area (Å²) >= 11 is 0. The van der Waals surface area contributed by atoms with Crippen LogP contribution in [0.3, 0.4) is 0 Å². The van der Waals surface area contributed by atoms with Gasteiger partial charge in [-0.2, -0.15) is 5.26 Å². The molecule has 1 amide bonds. The molecule has 5 heteroatoms. The monoisotopic (exact) mass is 374 g/mol. The number of aldehydes is 1. The smallest absolute Gasteiger partial charge is 0.254 e. The van der Waals surface area contributed by atoms with Gasteiger partial charge in [-0.25, -0.2) is 4.39 Å². The van der Waals surface area contributed by atoms with Crippen LogP contribution in [-0.2, 0) is 4.79 Å². The van der Waals surface area contributed by atoms with E-state index in [2.05, 4.69) is 6.07 Å². The number of hydrogen-bond donors (Lipinski definition) is 0. The second-order valence-corrected chi connectivity index (χ2v) is 6.69. The van der Waals surface area contributed by atoms with Crippen molar-refractivity contribution in [3.8, 4) is 6.07 Å². The van der Waals surface area contributed by atoms with Crippen molar-refractivity contribution in [2.75, 3.05) is 13.6 Å². The average Bonchev–Trinajstić information content (AvgIpc) is 2.72. The maximum absolute atomic E-state index is 13.2. The third-order valence-electron chi connectivity index (χ3n) is 4.78. The van der Waals surface area contributed by atoms with E-state index in [1.165, 1.54) is 12.1 Å². The first kappa shape index (κ1) is 19.2. The van der Waals surface area contributed by atoms with E-state index in [4.69, 9.17) is 0 Å². The molecule has 0 aliphatic carbocycles. The maximum Gasteiger partial charge on any atom is 0.254 e. The molecule has 3 aromatic rings. The molecule has 0 saturated heterocycles. The number of benzene rings is 3. The van der Waals surface area contributed by atoms with Crippen LogP contribution < -0.4 is 0 Å². The number of rotatable bonds is 6. The molecule has 4 nitrogen and oxygen atoms in total. The quantitative estimate of drug-likeness (QED) is 0.605. The van der Waals surface area contributed by atoms with Crippen molar-refractivity contribution in [1.82, 2.24) is 4.90 Å². The Balaban J connectivity index is 1.91. The summed E-state index contributed by atoms with van der Waals surface area (Å²) in [4.78, 5) is 25.8. The number of nitriles is 1. The number of amides is 1. The molecule has 0 aliphatic heterocycles. The SMILES string of the molecule is CN(C[C@@H](CC=O)c1ccc(F)cc1)C(=O)c1cc(C#N)cc2ccccc12. The van der Waals surface area contributed by atoms with Gasteiger partial charge in [0.25, 0.3) is 5.91 Å². The highest BCUT2D eigenvalue weighted by Gasteiger charge is 2.20. The number of halogens is 1. The standard InChI is InChI=1S/C23H19FN2O2/c1-26(15-19(10-11-27)17-6-8-20(24)9-7-17)23(28)22-13-16(14-25)12-18-4-2-3-5-21(18)22/h2-9,11-13,19H,10,15H2,1H3/t19-/m1/s1. The van der Waals surface area contributed by atoms with Crippen LogP contribution in [-0.4, -0.2) is 30.7 Å². The second-order valence-electron chi connectivity index (χ2n) is 6.69. The number of carbonyl (C=O) groups excluding carboxylic acids is 2. The van der Waals surface area contributed by atoms with Gasteiger partial charge >= 0.3 is 0 Å². The van der Waals surface area contributed by atoms with Crippen molar-refractivity contribution in [2.24, 2.45) is 0 Å². The van der Waals surface area contributed by atoms with Gasteiger partial charge in [-0.1, -0.05) is 36.4 Å². The van der Waals surface area contributed by atoms with Crippen molar-refractivity contribution >= 4 is 23.0 Å². The predicted octanol–water partition coefficient (Wildman–Crippen LogP) is 4.30. The zero-order chi connectivity index (χ0) is 20.1. The van der Waals surface area contributed by atoms with Gasteiger partial charge in [0.05, 0.1) is 11.6 Å². The van der Waals surface area contributed by atoms with E-state index in [0.717, 1.165) is 22.6 Å². The lowest BCUT2D eigenvalue weighted by Crippen LogP contribution is -2.31. The Morgan fingerprint density at radius 1 is 1.18 bits per heavy atom. The Kier molecular flexibility index (Phi) is 5.81. The molecule has 3 aromatic carbocycles. The molecule has 0 fully saturated rings. The highest BCUT2D eigenvalue weighted by molar-refractivity contribution is 6.07. The van der Waals surface area contributed by atoms with E-state index < -0.39 is 0 Å². The van der Waals surface area contributed by atoms with Crippen molar-refractivity contribution in [1.29, 1.82) is 5.26 Å². The van der Waals surface area contributed by atoms with Crippen LogP contribution in [0.1, 0.15) is 33.8 Å². The summed E-state index contributed by atoms with van der Waals surface area (Å²) in [7, 11) is 1.66. The van der Waals surface area contributed by atoms with Gasteiger partial charge in [0.1, 0.15) is 12.1 Å². The minimum Gasteiger partial charge on any atom is -0.341 e. The third kappa shape index (κ3) is 4.07. The number of nitrogens with zero attached hydrogens (tertiary/aromatic N) is 2. The summed E-state index contributed by atoms with van der Waals surface area (Å²) in [6, 6.07) is 18.8. The topological polar surface area (TPSA) is 61.2 Å². The fraction of sp³-hybridized carbons (Fsp3) is 0.174. The molecule has 0 spiro atoms. The van der Waals surface area contributed by atoms with Gasteiger partial charge in [0.2, 0.25) is 0 Å². The van der Waals surface area contributed by atoms with Crippen LogP contribution in [0.25, 0.3) is 10.8 Å². The Morgan fingerprint density at radius 3 is 2.57 bits per heavy atom. The predicted molar refractivity (Wildman–Crippen MR) is 105 cm³/mol. The highest BCUT2D eigenvalue weighted by Crippen LogP contribution is 2.25. The first-order chi connectivity index (χ1) is 13.5. The van der Waals surface area contributed by atoms with Crippen molar-refractivity contribution in [2.45, 2.75) is 12.3 Å². The fourth-order valence-corrected chi connectivity index (χ4v) is 3.34. The van der Waals surface area contributed by atoms with Crippen LogP contribution in [0.2, 0.25) is 0 Å². The maximum atomic E-state index is 13.2. The lowest BCUT2D eigenvalue weighted by atomic mass is 9.95. The van der Waals surface area contributed by atoms with Gasteiger partial charge in [-0.3, -0.25) is 4.79 Å². The summed E-state index contributed by atoms with van der Waals surface area (Å²) < 4.78 is 13.2. The van der Waals surface area contributed by atoms with Crippen LogP contribution in [0.4, 0.5) is 4.39 Å². The van der Waals surface area contributed by atoms with E-state index >= 15 is 0 Å². The lowest BCUT2D eigenvalue weighted by molar-refractivity contribution is -0.108. The zero-order valence-corrected chi connectivity index (χ0v) is 15.4. The number of fused-ring (bicyclic) bond motifs is 1. The molecule has 0 aliphatic rings. The Hall–Kier alpha value is -3.52. The zero-order valence-electron chi connectivity index (χ0n) is 15.4. The van der Waals surface area contributed by atoms with E-state index in [1.54, 1.807) is 36.2 Å². The normalized spacial score (nSPS) is 11.6. The molecule has 3 rings (SSSR count). The van der Waals surface area contributed by atoms with Gasteiger partial charge in [0, 0.05) is 31.5 Å². The van der Waals surface area contributed by atoms with Crippen molar-refractivity contribution < 1.29 is 14.0 Å². The minimum absolute atomic E-state index is 0.224. The van der Waals surface area contributed by atoms with Gasteiger partial charge < -0.3 is 9.69 Å². The first-order valence-electron chi connectivity index (χ1n) is 8.91. The molecule has 0 aromatic heterocycles. The number of hydrogen-bond acceptors (Lipinski definition) is 3. The molecule has 0 heterocycles. The third-order valence-corrected chi connectivity index (χ3v) is 4.78. The second kappa shape index (κ2) is 8.45. The summed E-state index contributed by atoms with van der Waals surface area (Å²) in [5.74, 6) is -0.818. The highest BCUT2D eigenvalue weighted by atomic mass is 19.1. The van der Waals surface area contributed by atoms with Gasteiger partial charge in [-0.15, -0.1) is 0 Å².